The van der Waals surface area contributed by atoms with Crippen molar-refractivity contribution in [3.05, 3.63) is 64.0 Å². The molecule has 0 radical (unpaired) electrons. The van der Waals surface area contributed by atoms with Crippen molar-refractivity contribution in [2.24, 2.45) is 0 Å². The second-order valence-electron chi connectivity index (χ2n) is 4.43. The highest BCUT2D eigenvalue weighted by Gasteiger charge is 2.10. The minimum Gasteiger partial charge on any atom is -0.334 e. The average molecular weight is 286 g/mol. The number of aryl methyl sites for hydroxylation is 1. The smallest absolute Gasteiger partial charge is 0.319 e. The van der Waals surface area contributed by atoms with Crippen molar-refractivity contribution < 1.29 is 9.72 Å². The zero-order valence-electron chi connectivity index (χ0n) is 11.4. The summed E-state index contributed by atoms with van der Waals surface area (Å²) in [5.41, 5.74) is 1.96. The fourth-order valence-corrected chi connectivity index (χ4v) is 1.71. The van der Waals surface area contributed by atoms with Crippen LogP contribution in [0.4, 0.5) is 16.2 Å². The van der Waals surface area contributed by atoms with Gasteiger partial charge in [-0.05, 0) is 24.1 Å². The van der Waals surface area contributed by atoms with E-state index in [1.807, 2.05) is 6.07 Å². The van der Waals surface area contributed by atoms with Crippen LogP contribution in [-0.4, -0.2) is 15.9 Å². The lowest BCUT2D eigenvalue weighted by Crippen LogP contribution is -2.28. The van der Waals surface area contributed by atoms with E-state index in [-0.39, 0.29) is 5.69 Å². The molecule has 2 amide bonds. The van der Waals surface area contributed by atoms with E-state index in [0.717, 1.165) is 11.1 Å². The number of hydrogen-bond acceptors (Lipinski definition) is 4. The molecular weight excluding hydrogens is 272 g/mol. The minimum atomic E-state index is -0.502. The molecule has 0 saturated heterocycles. The second kappa shape index (κ2) is 6.47. The van der Waals surface area contributed by atoms with Crippen molar-refractivity contribution in [3.63, 3.8) is 0 Å². The predicted molar refractivity (Wildman–Crippen MR) is 77.9 cm³/mol. The van der Waals surface area contributed by atoms with E-state index in [4.69, 9.17) is 0 Å². The van der Waals surface area contributed by atoms with Gasteiger partial charge in [0.25, 0.3) is 5.69 Å². The number of amides is 2. The molecule has 1 heterocycles. The Morgan fingerprint density at radius 2 is 2.19 bits per heavy atom. The number of nitro groups is 1. The molecular formula is C14H14N4O3. The highest BCUT2D eigenvalue weighted by Crippen LogP contribution is 2.21. The normalized spacial score (nSPS) is 9.95. The van der Waals surface area contributed by atoms with E-state index in [9.17, 15) is 14.9 Å². The Morgan fingerprint density at radius 3 is 2.86 bits per heavy atom. The topological polar surface area (TPSA) is 97.2 Å². The maximum Gasteiger partial charge on any atom is 0.319 e. The van der Waals surface area contributed by atoms with Gasteiger partial charge in [-0.2, -0.15) is 0 Å². The predicted octanol–water partition coefficient (Wildman–Crippen LogP) is 2.62. The molecule has 2 rings (SSSR count). The molecule has 0 atom stereocenters. The molecule has 7 heteroatoms. The van der Waals surface area contributed by atoms with Gasteiger partial charge in [0.05, 0.1) is 10.6 Å². The Kier molecular flexibility index (Phi) is 4.45. The number of carbonyl (C=O) groups excluding carboxylic acids is 1. The Bertz CT molecular complexity index is 659. The molecule has 0 aliphatic rings. The van der Waals surface area contributed by atoms with Crippen molar-refractivity contribution in [1.82, 2.24) is 10.3 Å². The number of urea groups is 1. The number of non-ortho nitro benzene ring substituents is 1. The van der Waals surface area contributed by atoms with Crippen LogP contribution in [0, 0.1) is 17.0 Å². The number of nitrogens with zero attached hydrogens (tertiary/aromatic N) is 2. The van der Waals surface area contributed by atoms with Gasteiger partial charge in [0.2, 0.25) is 0 Å². The fraction of sp³-hybridized carbons (Fsp3) is 0.143. The highest BCUT2D eigenvalue weighted by atomic mass is 16.6. The van der Waals surface area contributed by atoms with E-state index in [1.54, 1.807) is 31.5 Å². The number of nitrogens with one attached hydrogen (secondary N) is 2. The summed E-state index contributed by atoms with van der Waals surface area (Å²) in [6.07, 6.45) is 3.30. The molecule has 0 spiro atoms. The van der Waals surface area contributed by atoms with E-state index >= 15 is 0 Å². The SMILES string of the molecule is Cc1ccc([N+](=O)[O-])cc1NC(=O)NCc1cccnc1. The van der Waals surface area contributed by atoms with E-state index in [2.05, 4.69) is 15.6 Å². The van der Waals surface area contributed by atoms with Crippen molar-refractivity contribution in [2.75, 3.05) is 5.32 Å². The maximum absolute atomic E-state index is 11.8. The van der Waals surface area contributed by atoms with Gasteiger partial charge in [0.15, 0.2) is 0 Å². The number of benzene rings is 1. The van der Waals surface area contributed by atoms with Crippen LogP contribution in [0.2, 0.25) is 0 Å². The standard InChI is InChI=1S/C14H14N4O3/c1-10-4-5-12(18(20)21)7-13(10)17-14(19)16-9-11-3-2-6-15-8-11/h2-8H,9H2,1H3,(H2,16,17,19). The molecule has 0 saturated carbocycles. The van der Waals surface area contributed by atoms with Crippen LogP contribution in [0.5, 0.6) is 0 Å². The van der Waals surface area contributed by atoms with E-state index in [0.29, 0.717) is 12.2 Å². The quantitative estimate of drug-likeness (QED) is 0.666. The number of nitro benzene ring substituents is 1. The molecule has 21 heavy (non-hydrogen) atoms. The van der Waals surface area contributed by atoms with Crippen LogP contribution < -0.4 is 10.6 Å². The molecule has 2 aromatic rings. The molecule has 108 valence electrons. The molecule has 1 aromatic carbocycles. The number of aromatic nitrogens is 1. The monoisotopic (exact) mass is 286 g/mol. The Morgan fingerprint density at radius 1 is 1.38 bits per heavy atom. The minimum absolute atomic E-state index is 0.0665. The maximum atomic E-state index is 11.8. The van der Waals surface area contributed by atoms with Crippen LogP contribution in [-0.2, 0) is 6.54 Å². The zero-order chi connectivity index (χ0) is 15.2. The van der Waals surface area contributed by atoms with Gasteiger partial charge in [-0.1, -0.05) is 12.1 Å². The molecule has 0 aliphatic carbocycles. The van der Waals surface area contributed by atoms with Crippen LogP contribution >= 0.6 is 0 Å². The summed E-state index contributed by atoms with van der Waals surface area (Å²) < 4.78 is 0. The number of carbonyl (C=O) groups is 1. The highest BCUT2D eigenvalue weighted by molar-refractivity contribution is 5.90. The van der Waals surface area contributed by atoms with Gasteiger partial charge in [-0.25, -0.2) is 4.79 Å². The van der Waals surface area contributed by atoms with Gasteiger partial charge in [0.1, 0.15) is 0 Å². The first-order valence-corrected chi connectivity index (χ1v) is 6.25. The van der Waals surface area contributed by atoms with Crippen molar-refractivity contribution in [2.45, 2.75) is 13.5 Å². The summed E-state index contributed by atoms with van der Waals surface area (Å²) in [7, 11) is 0. The number of anilines is 1. The third-order valence-corrected chi connectivity index (χ3v) is 2.86. The van der Waals surface area contributed by atoms with Crippen molar-refractivity contribution >= 4 is 17.4 Å². The third kappa shape index (κ3) is 4.00. The van der Waals surface area contributed by atoms with Gasteiger partial charge >= 0.3 is 6.03 Å². The Hall–Kier alpha value is -2.96. The molecule has 0 aliphatic heterocycles. The van der Waals surface area contributed by atoms with Crippen LogP contribution in [0.3, 0.4) is 0 Å². The Labute approximate surface area is 121 Å². The van der Waals surface area contributed by atoms with Crippen LogP contribution in [0.25, 0.3) is 0 Å². The first-order valence-electron chi connectivity index (χ1n) is 6.25. The molecule has 0 bridgehead atoms. The molecule has 1 aromatic heterocycles. The van der Waals surface area contributed by atoms with Crippen molar-refractivity contribution in [1.29, 1.82) is 0 Å². The second-order valence-corrected chi connectivity index (χ2v) is 4.43. The summed E-state index contributed by atoms with van der Waals surface area (Å²) in [6.45, 7) is 2.09. The fourth-order valence-electron chi connectivity index (χ4n) is 1.71. The van der Waals surface area contributed by atoms with Gasteiger partial charge in [-0.15, -0.1) is 0 Å². The number of rotatable bonds is 4. The number of pyridine rings is 1. The average Bonchev–Trinajstić information content (AvgIpc) is 2.48. The molecule has 0 fully saturated rings. The Balaban J connectivity index is 1.99. The van der Waals surface area contributed by atoms with Gasteiger partial charge < -0.3 is 10.6 Å². The first-order chi connectivity index (χ1) is 10.1. The number of hydrogen-bond donors (Lipinski definition) is 2. The van der Waals surface area contributed by atoms with Crippen LogP contribution in [0.15, 0.2) is 42.7 Å². The van der Waals surface area contributed by atoms with Gasteiger partial charge in [-0.3, -0.25) is 15.1 Å². The largest absolute Gasteiger partial charge is 0.334 e. The lowest BCUT2D eigenvalue weighted by atomic mass is 10.2. The lowest BCUT2D eigenvalue weighted by molar-refractivity contribution is -0.384. The molecule has 7 nitrogen and oxygen atoms in total. The summed E-state index contributed by atoms with van der Waals surface area (Å²) in [5.74, 6) is 0. The van der Waals surface area contributed by atoms with Crippen LogP contribution in [0.1, 0.15) is 11.1 Å². The van der Waals surface area contributed by atoms with Crippen molar-refractivity contribution in [3.8, 4) is 0 Å². The summed E-state index contributed by atoms with van der Waals surface area (Å²) in [5, 5.41) is 16.0. The third-order valence-electron chi connectivity index (χ3n) is 2.86. The first kappa shape index (κ1) is 14.4. The summed E-state index contributed by atoms with van der Waals surface area (Å²) >= 11 is 0. The molecule has 0 unspecified atom stereocenters. The summed E-state index contributed by atoms with van der Waals surface area (Å²) in [6, 6.07) is 7.51. The molecule has 2 N–H and O–H groups in total. The van der Waals surface area contributed by atoms with E-state index in [1.165, 1.54) is 12.1 Å². The van der Waals surface area contributed by atoms with Gasteiger partial charge in [0, 0.05) is 31.1 Å². The summed E-state index contributed by atoms with van der Waals surface area (Å²) in [4.78, 5) is 26.0. The zero-order valence-corrected chi connectivity index (χ0v) is 11.4. The lowest BCUT2D eigenvalue weighted by Gasteiger charge is -2.09. The van der Waals surface area contributed by atoms with E-state index < -0.39 is 11.0 Å².